The summed E-state index contributed by atoms with van der Waals surface area (Å²) in [5.41, 5.74) is 6.95. The van der Waals surface area contributed by atoms with E-state index in [9.17, 15) is 4.79 Å². The molecule has 1 saturated heterocycles. The number of hydrogen-bond acceptors (Lipinski definition) is 2. The highest BCUT2D eigenvalue weighted by atomic mass is 16.1. The second kappa shape index (κ2) is 7.63. The zero-order chi connectivity index (χ0) is 17.9. The van der Waals surface area contributed by atoms with Crippen molar-refractivity contribution < 1.29 is 4.79 Å². The van der Waals surface area contributed by atoms with Crippen LogP contribution >= 0.6 is 0 Å². The molecule has 2 aromatic rings. The molecule has 1 aliphatic heterocycles. The summed E-state index contributed by atoms with van der Waals surface area (Å²) in [7, 11) is 2.13. The van der Waals surface area contributed by atoms with Gasteiger partial charge in [0.15, 0.2) is 0 Å². The van der Waals surface area contributed by atoms with E-state index in [2.05, 4.69) is 59.7 Å². The molecule has 0 radical (unpaired) electrons. The summed E-state index contributed by atoms with van der Waals surface area (Å²) in [4.78, 5) is 14.5. The average Bonchev–Trinajstić information content (AvgIpc) is 3.00. The van der Waals surface area contributed by atoms with E-state index in [1.54, 1.807) is 0 Å². The fourth-order valence-electron chi connectivity index (χ4n) is 4.36. The number of fused-ring (bicyclic) bond motifs is 3. The van der Waals surface area contributed by atoms with E-state index in [0.717, 1.165) is 38.8 Å². The molecule has 0 saturated carbocycles. The Labute approximate surface area is 156 Å². The van der Waals surface area contributed by atoms with E-state index >= 15 is 0 Å². The third-order valence-corrected chi connectivity index (χ3v) is 5.72. The van der Waals surface area contributed by atoms with Crippen LogP contribution in [-0.2, 0) is 17.6 Å². The molecule has 0 spiro atoms. The van der Waals surface area contributed by atoms with Crippen LogP contribution in [-0.4, -0.2) is 37.0 Å². The highest BCUT2D eigenvalue weighted by molar-refractivity contribution is 5.77. The summed E-state index contributed by atoms with van der Waals surface area (Å²) in [5, 5.41) is 3.21. The van der Waals surface area contributed by atoms with Gasteiger partial charge in [0.2, 0.25) is 5.91 Å². The van der Waals surface area contributed by atoms with Gasteiger partial charge < -0.3 is 10.2 Å². The fraction of sp³-hybridized carbons (Fsp3) is 0.435. The van der Waals surface area contributed by atoms with E-state index in [1.807, 2.05) is 0 Å². The molecule has 1 atom stereocenters. The Hall–Kier alpha value is -2.13. The second-order valence-corrected chi connectivity index (χ2v) is 7.85. The Morgan fingerprint density at radius 1 is 1.15 bits per heavy atom. The third kappa shape index (κ3) is 3.83. The van der Waals surface area contributed by atoms with Crippen LogP contribution in [0, 0.1) is 0 Å². The van der Waals surface area contributed by atoms with Crippen molar-refractivity contribution in [3.8, 4) is 11.1 Å². The van der Waals surface area contributed by atoms with Gasteiger partial charge in [-0.1, -0.05) is 42.5 Å². The van der Waals surface area contributed by atoms with Gasteiger partial charge >= 0.3 is 0 Å². The van der Waals surface area contributed by atoms with Gasteiger partial charge in [0, 0.05) is 19.0 Å². The third-order valence-electron chi connectivity index (χ3n) is 5.72. The van der Waals surface area contributed by atoms with Crippen molar-refractivity contribution in [2.24, 2.45) is 0 Å². The fourth-order valence-corrected chi connectivity index (χ4v) is 4.36. The molecular formula is C23H28N2O. The molecule has 2 aliphatic rings. The van der Waals surface area contributed by atoms with Crippen LogP contribution < -0.4 is 5.32 Å². The van der Waals surface area contributed by atoms with Crippen LogP contribution in [0.2, 0.25) is 0 Å². The predicted octanol–water partition coefficient (Wildman–Crippen LogP) is 3.79. The van der Waals surface area contributed by atoms with Gasteiger partial charge in [-0.15, -0.1) is 0 Å². The maximum atomic E-state index is 12.2. The molecule has 1 aliphatic carbocycles. The van der Waals surface area contributed by atoms with Crippen molar-refractivity contribution in [2.45, 2.75) is 44.6 Å². The number of carbonyl (C=O) groups is 1. The molecule has 0 bridgehead atoms. The number of aryl methyl sites for hydroxylation is 1. The largest absolute Gasteiger partial charge is 0.352 e. The topological polar surface area (TPSA) is 32.3 Å². The number of likely N-dealkylation sites (tertiary alicyclic amines) is 1. The van der Waals surface area contributed by atoms with Crippen LogP contribution in [0.15, 0.2) is 42.5 Å². The average molecular weight is 348 g/mol. The summed E-state index contributed by atoms with van der Waals surface area (Å²) >= 11 is 0. The van der Waals surface area contributed by atoms with Crippen molar-refractivity contribution >= 4 is 5.91 Å². The number of nitrogens with one attached hydrogen (secondary N) is 1. The quantitative estimate of drug-likeness (QED) is 0.761. The van der Waals surface area contributed by atoms with E-state index in [0.29, 0.717) is 12.5 Å². The van der Waals surface area contributed by atoms with Crippen molar-refractivity contribution in [1.82, 2.24) is 10.2 Å². The first kappa shape index (κ1) is 17.3. The van der Waals surface area contributed by atoms with Crippen molar-refractivity contribution in [2.75, 3.05) is 20.1 Å². The molecule has 3 nitrogen and oxygen atoms in total. The minimum absolute atomic E-state index is 0.205. The van der Waals surface area contributed by atoms with E-state index in [-0.39, 0.29) is 5.91 Å². The van der Waals surface area contributed by atoms with Crippen LogP contribution in [0.5, 0.6) is 0 Å². The standard InChI is InChI=1S/C23H28N2O/c1-25-13-5-8-20(16-25)24-23(26)10-4-6-17-11-12-19-15-18-7-2-3-9-21(18)22(19)14-17/h2-3,7,9,11-12,14,20H,4-6,8,10,13,15-16H2,1H3,(H,24,26). The van der Waals surface area contributed by atoms with Gasteiger partial charge in [-0.3, -0.25) is 4.79 Å². The number of rotatable bonds is 5. The first-order chi connectivity index (χ1) is 12.7. The normalized spacial score (nSPS) is 19.0. The minimum Gasteiger partial charge on any atom is -0.352 e. The lowest BCUT2D eigenvalue weighted by molar-refractivity contribution is -0.122. The number of benzene rings is 2. The van der Waals surface area contributed by atoms with Crippen LogP contribution in [0.4, 0.5) is 0 Å². The first-order valence-electron chi connectivity index (χ1n) is 9.87. The van der Waals surface area contributed by atoms with Crippen LogP contribution in [0.25, 0.3) is 11.1 Å². The predicted molar refractivity (Wildman–Crippen MR) is 106 cm³/mol. The number of piperidine rings is 1. The number of likely N-dealkylation sites (N-methyl/N-ethyl adjacent to an activating group) is 1. The van der Waals surface area contributed by atoms with Crippen molar-refractivity contribution in [3.63, 3.8) is 0 Å². The van der Waals surface area contributed by atoms with Gasteiger partial charge in [0.05, 0.1) is 0 Å². The summed E-state index contributed by atoms with van der Waals surface area (Å²) < 4.78 is 0. The lowest BCUT2D eigenvalue weighted by Crippen LogP contribution is -2.46. The summed E-state index contributed by atoms with van der Waals surface area (Å²) in [6.45, 7) is 2.13. The highest BCUT2D eigenvalue weighted by Gasteiger charge is 2.19. The number of carbonyl (C=O) groups excluding carboxylic acids is 1. The van der Waals surface area contributed by atoms with Gasteiger partial charge in [0.1, 0.15) is 0 Å². The molecule has 1 fully saturated rings. The van der Waals surface area contributed by atoms with Gasteiger partial charge in [-0.25, -0.2) is 0 Å². The molecule has 1 unspecified atom stereocenters. The first-order valence-corrected chi connectivity index (χ1v) is 9.87. The minimum atomic E-state index is 0.205. The van der Waals surface area contributed by atoms with E-state index in [4.69, 9.17) is 0 Å². The molecule has 2 aromatic carbocycles. The van der Waals surface area contributed by atoms with Gasteiger partial charge in [0.25, 0.3) is 0 Å². The molecule has 26 heavy (non-hydrogen) atoms. The van der Waals surface area contributed by atoms with Crippen molar-refractivity contribution in [3.05, 3.63) is 59.2 Å². The molecular weight excluding hydrogens is 320 g/mol. The van der Waals surface area contributed by atoms with Crippen LogP contribution in [0.1, 0.15) is 42.4 Å². The Morgan fingerprint density at radius 2 is 2.00 bits per heavy atom. The second-order valence-electron chi connectivity index (χ2n) is 7.85. The monoisotopic (exact) mass is 348 g/mol. The highest BCUT2D eigenvalue weighted by Crippen LogP contribution is 2.36. The number of amides is 1. The van der Waals surface area contributed by atoms with Gasteiger partial charge in [-0.2, -0.15) is 0 Å². The molecule has 4 rings (SSSR count). The number of hydrogen-bond donors (Lipinski definition) is 1. The Morgan fingerprint density at radius 3 is 2.88 bits per heavy atom. The molecule has 1 heterocycles. The zero-order valence-electron chi connectivity index (χ0n) is 15.6. The summed E-state index contributed by atoms with van der Waals surface area (Å²) in [6, 6.07) is 15.8. The number of nitrogens with zero attached hydrogens (tertiary/aromatic N) is 1. The van der Waals surface area contributed by atoms with Crippen LogP contribution in [0.3, 0.4) is 0 Å². The van der Waals surface area contributed by atoms with E-state index in [1.165, 1.54) is 34.2 Å². The molecule has 3 heteroatoms. The summed E-state index contributed by atoms with van der Waals surface area (Å²) in [6.07, 6.45) is 5.83. The van der Waals surface area contributed by atoms with E-state index < -0.39 is 0 Å². The SMILES string of the molecule is CN1CCCC(NC(=O)CCCc2ccc3c(c2)-c2ccccc2C3)C1. The Balaban J connectivity index is 1.30. The smallest absolute Gasteiger partial charge is 0.220 e. The maximum absolute atomic E-state index is 12.2. The molecule has 1 N–H and O–H groups in total. The molecule has 136 valence electrons. The molecule has 1 amide bonds. The molecule has 0 aromatic heterocycles. The lowest BCUT2D eigenvalue weighted by Gasteiger charge is -2.30. The van der Waals surface area contributed by atoms with Crippen molar-refractivity contribution in [1.29, 1.82) is 0 Å². The lowest BCUT2D eigenvalue weighted by atomic mass is 10.00. The summed E-state index contributed by atoms with van der Waals surface area (Å²) in [5.74, 6) is 0.205. The zero-order valence-corrected chi connectivity index (χ0v) is 15.6. The van der Waals surface area contributed by atoms with Gasteiger partial charge in [-0.05, 0) is 73.5 Å². The Bertz CT molecular complexity index is 799. The Kier molecular flexibility index (Phi) is 5.07. The maximum Gasteiger partial charge on any atom is 0.220 e.